The summed E-state index contributed by atoms with van der Waals surface area (Å²) in [5, 5.41) is 0.654. The fraction of sp³-hybridized carbons (Fsp3) is 0.278. The van der Waals surface area contributed by atoms with Crippen molar-refractivity contribution in [2.24, 2.45) is 0 Å². The molecule has 0 spiro atoms. The molecule has 0 aliphatic carbocycles. The number of carbonyl (C=O) groups is 1. The van der Waals surface area contributed by atoms with E-state index in [9.17, 15) is 4.79 Å². The summed E-state index contributed by atoms with van der Waals surface area (Å²) in [5.41, 5.74) is 4.25. The second-order valence-corrected chi connectivity index (χ2v) is 5.29. The van der Waals surface area contributed by atoms with Crippen molar-refractivity contribution in [1.29, 1.82) is 0 Å². The zero-order valence-corrected chi connectivity index (χ0v) is 12.7. The Morgan fingerprint density at radius 2 is 1.65 bits per heavy atom. The largest absolute Gasteiger partial charge is 0.294 e. The lowest BCUT2D eigenvalue weighted by Gasteiger charge is -2.09. The smallest absolute Gasteiger partial charge is 0.167 e. The first-order chi connectivity index (χ1) is 9.65. The number of hydrogen-bond acceptors (Lipinski definition) is 1. The second-order valence-electron chi connectivity index (χ2n) is 4.88. The molecule has 0 aliphatic heterocycles. The van der Waals surface area contributed by atoms with Crippen molar-refractivity contribution in [2.45, 2.75) is 33.1 Å². The lowest BCUT2D eigenvalue weighted by atomic mass is 9.96. The van der Waals surface area contributed by atoms with Gasteiger partial charge in [-0.05, 0) is 41.7 Å². The van der Waals surface area contributed by atoms with Crippen LogP contribution in [0.5, 0.6) is 0 Å². The van der Waals surface area contributed by atoms with Crippen molar-refractivity contribution in [3.05, 3.63) is 69.7 Å². The van der Waals surface area contributed by atoms with Gasteiger partial charge >= 0.3 is 0 Å². The van der Waals surface area contributed by atoms with Crippen molar-refractivity contribution >= 4 is 17.4 Å². The Balaban J connectivity index is 2.24. The maximum absolute atomic E-state index is 12.4. The number of hydrogen-bond donors (Lipinski definition) is 0. The van der Waals surface area contributed by atoms with Crippen molar-refractivity contribution in [2.75, 3.05) is 0 Å². The Bertz CT molecular complexity index is 617. The van der Waals surface area contributed by atoms with Gasteiger partial charge in [0.15, 0.2) is 5.78 Å². The Hall–Kier alpha value is -1.60. The van der Waals surface area contributed by atoms with E-state index in [0.717, 1.165) is 24.0 Å². The van der Waals surface area contributed by atoms with E-state index in [1.807, 2.05) is 36.4 Å². The lowest BCUT2D eigenvalue weighted by molar-refractivity contribution is 0.0993. The first-order valence-corrected chi connectivity index (χ1v) is 7.41. The van der Waals surface area contributed by atoms with Crippen LogP contribution in [0.15, 0.2) is 42.5 Å². The maximum Gasteiger partial charge on any atom is 0.167 e. The normalized spacial score (nSPS) is 10.6. The third-order valence-corrected chi connectivity index (χ3v) is 3.97. The summed E-state index contributed by atoms with van der Waals surface area (Å²) in [6, 6.07) is 13.5. The molecule has 1 nitrogen and oxygen atoms in total. The third kappa shape index (κ3) is 3.29. The van der Waals surface area contributed by atoms with Gasteiger partial charge in [-0.2, -0.15) is 0 Å². The fourth-order valence-electron chi connectivity index (χ4n) is 2.39. The fourth-order valence-corrected chi connectivity index (χ4v) is 2.59. The summed E-state index contributed by atoms with van der Waals surface area (Å²) in [6.07, 6.45) is 2.31. The molecule has 0 unspecified atom stereocenters. The number of Topliss-reactive ketones (excluding diaryl/α,β-unsaturated/α-hetero) is 1. The van der Waals surface area contributed by atoms with Gasteiger partial charge < -0.3 is 0 Å². The highest BCUT2D eigenvalue weighted by Gasteiger charge is 2.11. The molecule has 0 fully saturated rings. The Morgan fingerprint density at radius 1 is 0.950 bits per heavy atom. The monoisotopic (exact) mass is 286 g/mol. The zero-order valence-electron chi connectivity index (χ0n) is 11.9. The van der Waals surface area contributed by atoms with Gasteiger partial charge in [0.05, 0.1) is 0 Å². The molecule has 0 N–H and O–H groups in total. The molecule has 20 heavy (non-hydrogen) atoms. The average Bonchev–Trinajstić information content (AvgIpc) is 2.48. The highest BCUT2D eigenvalue weighted by Crippen LogP contribution is 2.19. The molecule has 104 valence electrons. The quantitative estimate of drug-likeness (QED) is 0.715. The van der Waals surface area contributed by atoms with Crippen LogP contribution in [-0.4, -0.2) is 5.78 Å². The third-order valence-electron chi connectivity index (χ3n) is 3.60. The summed E-state index contributed by atoms with van der Waals surface area (Å²) in [7, 11) is 0. The minimum atomic E-state index is 0.121. The van der Waals surface area contributed by atoms with Crippen LogP contribution in [-0.2, 0) is 19.3 Å². The summed E-state index contributed by atoms with van der Waals surface area (Å²) in [4.78, 5) is 12.4. The number of aryl methyl sites for hydroxylation is 2. The number of halogens is 1. The first kappa shape index (κ1) is 14.8. The highest BCUT2D eigenvalue weighted by molar-refractivity contribution is 6.31. The van der Waals surface area contributed by atoms with Crippen LogP contribution in [0.1, 0.15) is 40.9 Å². The zero-order chi connectivity index (χ0) is 14.5. The van der Waals surface area contributed by atoms with Gasteiger partial charge in [-0.1, -0.05) is 55.8 Å². The van der Waals surface area contributed by atoms with Gasteiger partial charge in [-0.15, -0.1) is 0 Å². The Kier molecular flexibility index (Phi) is 4.97. The van der Waals surface area contributed by atoms with Crippen molar-refractivity contribution in [1.82, 2.24) is 0 Å². The first-order valence-electron chi connectivity index (χ1n) is 7.04. The molecule has 0 bridgehead atoms. The minimum absolute atomic E-state index is 0.121. The molecule has 2 rings (SSSR count). The van der Waals surface area contributed by atoms with E-state index < -0.39 is 0 Å². The maximum atomic E-state index is 12.4. The van der Waals surface area contributed by atoms with Gasteiger partial charge in [0, 0.05) is 17.0 Å². The van der Waals surface area contributed by atoms with Crippen LogP contribution in [0.2, 0.25) is 5.02 Å². The lowest BCUT2D eigenvalue weighted by Crippen LogP contribution is -2.05. The molecule has 0 amide bonds. The predicted molar refractivity (Wildman–Crippen MR) is 84.7 cm³/mol. The molecule has 0 saturated heterocycles. The van der Waals surface area contributed by atoms with Gasteiger partial charge in [-0.3, -0.25) is 4.79 Å². The van der Waals surface area contributed by atoms with Gasteiger partial charge in [0.1, 0.15) is 0 Å². The van der Waals surface area contributed by atoms with Gasteiger partial charge in [-0.25, -0.2) is 0 Å². The molecular weight excluding hydrogens is 268 g/mol. The summed E-state index contributed by atoms with van der Waals surface area (Å²) >= 11 is 6.11. The molecular formula is C18H19ClO. The molecule has 0 radical (unpaired) electrons. The standard InChI is InChI=1S/C18H19ClO/c1-3-13-9-10-16(11-14(13)4-2)18(20)12-15-7-5-6-8-17(15)19/h5-11H,3-4,12H2,1-2H3. The van der Waals surface area contributed by atoms with E-state index in [2.05, 4.69) is 19.9 Å². The molecule has 0 aliphatic rings. The molecule has 0 aromatic heterocycles. The molecule has 0 atom stereocenters. The van der Waals surface area contributed by atoms with Crippen LogP contribution >= 0.6 is 11.6 Å². The number of carbonyl (C=O) groups excluding carboxylic acids is 1. The van der Waals surface area contributed by atoms with E-state index in [4.69, 9.17) is 11.6 Å². The highest BCUT2D eigenvalue weighted by atomic mass is 35.5. The topological polar surface area (TPSA) is 17.1 Å². The minimum Gasteiger partial charge on any atom is -0.294 e. The second kappa shape index (κ2) is 6.71. The number of rotatable bonds is 5. The summed E-state index contributed by atoms with van der Waals surface area (Å²) in [5.74, 6) is 0.121. The Morgan fingerprint density at radius 3 is 2.30 bits per heavy atom. The van der Waals surface area contributed by atoms with E-state index >= 15 is 0 Å². The average molecular weight is 287 g/mol. The van der Waals surface area contributed by atoms with Gasteiger partial charge in [0.25, 0.3) is 0 Å². The molecule has 2 aromatic rings. The van der Waals surface area contributed by atoms with Crippen LogP contribution in [0.4, 0.5) is 0 Å². The van der Waals surface area contributed by atoms with E-state index in [1.165, 1.54) is 11.1 Å². The van der Waals surface area contributed by atoms with Crippen LogP contribution in [0.3, 0.4) is 0 Å². The molecule has 2 aromatic carbocycles. The predicted octanol–water partition coefficient (Wildman–Crippen LogP) is 4.89. The van der Waals surface area contributed by atoms with Gasteiger partial charge in [0.2, 0.25) is 0 Å². The van der Waals surface area contributed by atoms with E-state index in [0.29, 0.717) is 11.4 Å². The molecule has 0 saturated carbocycles. The van der Waals surface area contributed by atoms with Crippen molar-refractivity contribution in [3.63, 3.8) is 0 Å². The Labute approximate surface area is 125 Å². The van der Waals surface area contributed by atoms with Crippen LogP contribution in [0, 0.1) is 0 Å². The van der Waals surface area contributed by atoms with Crippen molar-refractivity contribution < 1.29 is 4.79 Å². The van der Waals surface area contributed by atoms with Crippen LogP contribution in [0.25, 0.3) is 0 Å². The SMILES string of the molecule is CCc1ccc(C(=O)Cc2ccccc2Cl)cc1CC. The van der Waals surface area contributed by atoms with E-state index in [-0.39, 0.29) is 5.78 Å². The van der Waals surface area contributed by atoms with Crippen molar-refractivity contribution in [3.8, 4) is 0 Å². The summed E-state index contributed by atoms with van der Waals surface area (Å²) < 4.78 is 0. The molecule has 0 heterocycles. The summed E-state index contributed by atoms with van der Waals surface area (Å²) in [6.45, 7) is 4.26. The van der Waals surface area contributed by atoms with Crippen LogP contribution < -0.4 is 0 Å². The number of ketones is 1. The number of benzene rings is 2. The molecule has 2 heteroatoms. The van der Waals surface area contributed by atoms with E-state index in [1.54, 1.807) is 0 Å².